The molecule has 0 bridgehead atoms. The molecule has 4 aromatic rings. The molecule has 0 heteroatoms. The third kappa shape index (κ3) is 8.69. The zero-order valence-corrected chi connectivity index (χ0v) is 22.6. The Bertz CT molecular complexity index is 1310. The molecule has 188 valence electrons. The van der Waals surface area contributed by atoms with Gasteiger partial charge in [0, 0.05) is 22.3 Å². The molecule has 0 nitrogen and oxygen atoms in total. The molecule has 4 rings (SSSR count). The van der Waals surface area contributed by atoms with E-state index in [2.05, 4.69) is 147 Å². The average molecular weight is 493 g/mol. The van der Waals surface area contributed by atoms with Gasteiger partial charge in [0.1, 0.15) is 0 Å². The maximum Gasteiger partial charge on any atom is 0.0249 e. The Kier molecular flexibility index (Phi) is 10.2. The lowest BCUT2D eigenvalue weighted by Gasteiger charge is -1.99. The second-order valence-electron chi connectivity index (χ2n) is 9.68. The summed E-state index contributed by atoms with van der Waals surface area (Å²) in [6.07, 6.45) is 11.5. The van der Waals surface area contributed by atoms with Crippen LogP contribution in [0.3, 0.4) is 0 Å². The van der Waals surface area contributed by atoms with Crippen LogP contribution in [0.4, 0.5) is 0 Å². The van der Waals surface area contributed by atoms with Gasteiger partial charge >= 0.3 is 0 Å². The summed E-state index contributed by atoms with van der Waals surface area (Å²) < 4.78 is 0. The Morgan fingerprint density at radius 3 is 1.00 bits per heavy atom. The first-order valence-corrected chi connectivity index (χ1v) is 13.8. The highest BCUT2D eigenvalue weighted by Crippen LogP contribution is 2.12. The fourth-order valence-corrected chi connectivity index (χ4v) is 4.11. The van der Waals surface area contributed by atoms with E-state index in [1.165, 1.54) is 36.8 Å². The number of aryl methyl sites for hydroxylation is 2. The van der Waals surface area contributed by atoms with Crippen LogP contribution < -0.4 is 0 Å². The Morgan fingerprint density at radius 1 is 0.421 bits per heavy atom. The van der Waals surface area contributed by atoms with Crippen LogP contribution in [0, 0.1) is 23.7 Å². The second kappa shape index (κ2) is 14.5. The lowest BCUT2D eigenvalue weighted by atomic mass is 10.1. The van der Waals surface area contributed by atoms with Gasteiger partial charge in [-0.05, 0) is 96.5 Å². The van der Waals surface area contributed by atoms with E-state index in [4.69, 9.17) is 0 Å². The molecule has 0 aliphatic carbocycles. The van der Waals surface area contributed by atoms with Crippen molar-refractivity contribution in [2.75, 3.05) is 0 Å². The predicted octanol–water partition coefficient (Wildman–Crippen LogP) is 9.34. The standard InChI is InChI=1S/C38H36/c1-3-5-7-31-9-13-33(14-10-31)17-19-35-21-25-37(26-22-35)29-30-38-27-23-36(24-28-38)20-18-34-15-11-32(12-16-34)8-6-4-2/h9-16,21-30H,3-8H2,1-2H3. The SMILES string of the molecule is CCCCc1ccc(C#Cc2ccc(C=Cc3ccc(C#Cc4ccc(CCCC)cc4)cc3)cc2)cc1. The Labute approximate surface area is 229 Å². The topological polar surface area (TPSA) is 0 Å². The van der Waals surface area contributed by atoms with Crippen molar-refractivity contribution in [1.29, 1.82) is 0 Å². The van der Waals surface area contributed by atoms with Crippen LogP contribution in [0.5, 0.6) is 0 Å². The third-order valence-electron chi connectivity index (χ3n) is 6.54. The van der Waals surface area contributed by atoms with Gasteiger partial charge in [-0.1, -0.05) is 111 Å². The van der Waals surface area contributed by atoms with Crippen LogP contribution in [0.2, 0.25) is 0 Å². The Hall–Kier alpha value is -4.26. The summed E-state index contributed by atoms with van der Waals surface area (Å²) in [6, 6.07) is 34.0. The summed E-state index contributed by atoms with van der Waals surface area (Å²) in [6.45, 7) is 4.45. The summed E-state index contributed by atoms with van der Waals surface area (Å²) in [7, 11) is 0. The Morgan fingerprint density at radius 2 is 0.711 bits per heavy atom. The first-order valence-electron chi connectivity index (χ1n) is 13.8. The highest BCUT2D eigenvalue weighted by Gasteiger charge is 1.95. The summed E-state index contributed by atoms with van der Waals surface area (Å²) in [5, 5.41) is 0. The molecule has 0 aromatic heterocycles. The van der Waals surface area contributed by atoms with Gasteiger partial charge in [-0.3, -0.25) is 0 Å². The van der Waals surface area contributed by atoms with Crippen molar-refractivity contribution in [2.45, 2.75) is 52.4 Å². The van der Waals surface area contributed by atoms with Crippen LogP contribution >= 0.6 is 0 Å². The summed E-state index contributed by atoms with van der Waals surface area (Å²) >= 11 is 0. The van der Waals surface area contributed by atoms with Gasteiger partial charge in [-0.15, -0.1) is 0 Å². The smallest absolute Gasteiger partial charge is 0.0249 e. The summed E-state index contributed by atoms with van der Waals surface area (Å²) in [4.78, 5) is 0. The van der Waals surface area contributed by atoms with Crippen LogP contribution in [-0.4, -0.2) is 0 Å². The van der Waals surface area contributed by atoms with Gasteiger partial charge in [-0.25, -0.2) is 0 Å². The van der Waals surface area contributed by atoms with E-state index in [0.29, 0.717) is 0 Å². The van der Waals surface area contributed by atoms with Crippen molar-refractivity contribution >= 4 is 12.2 Å². The minimum atomic E-state index is 1.02. The highest BCUT2D eigenvalue weighted by atomic mass is 14.0. The van der Waals surface area contributed by atoms with Crippen LogP contribution in [0.25, 0.3) is 12.2 Å². The van der Waals surface area contributed by atoms with Crippen LogP contribution in [-0.2, 0) is 12.8 Å². The molecule has 0 radical (unpaired) electrons. The van der Waals surface area contributed by atoms with Crippen molar-refractivity contribution in [1.82, 2.24) is 0 Å². The fourth-order valence-electron chi connectivity index (χ4n) is 4.11. The van der Waals surface area contributed by atoms with Gasteiger partial charge in [-0.2, -0.15) is 0 Å². The van der Waals surface area contributed by atoms with E-state index in [9.17, 15) is 0 Å². The summed E-state index contributed by atoms with van der Waals surface area (Å²) in [5.74, 6) is 13.1. The lowest BCUT2D eigenvalue weighted by Crippen LogP contribution is -1.84. The molecule has 0 N–H and O–H groups in total. The number of rotatable bonds is 8. The van der Waals surface area contributed by atoms with E-state index in [1.807, 2.05) is 0 Å². The highest BCUT2D eigenvalue weighted by molar-refractivity contribution is 5.70. The van der Waals surface area contributed by atoms with Crippen molar-refractivity contribution in [3.8, 4) is 23.7 Å². The van der Waals surface area contributed by atoms with Crippen molar-refractivity contribution in [2.24, 2.45) is 0 Å². The number of unbranched alkanes of at least 4 members (excludes halogenated alkanes) is 2. The van der Waals surface area contributed by atoms with Crippen LogP contribution in [0.1, 0.15) is 84.0 Å². The average Bonchev–Trinajstić information content (AvgIpc) is 2.98. The lowest BCUT2D eigenvalue weighted by molar-refractivity contribution is 0.795. The maximum atomic E-state index is 3.28. The minimum Gasteiger partial charge on any atom is -0.0654 e. The number of hydrogen-bond acceptors (Lipinski definition) is 0. The van der Waals surface area contributed by atoms with Gasteiger partial charge in [0.25, 0.3) is 0 Å². The van der Waals surface area contributed by atoms with Crippen molar-refractivity contribution < 1.29 is 0 Å². The Balaban J connectivity index is 1.31. The molecule has 0 fully saturated rings. The van der Waals surface area contributed by atoms with Gasteiger partial charge in [0.2, 0.25) is 0 Å². The molecule has 0 spiro atoms. The van der Waals surface area contributed by atoms with Crippen LogP contribution in [0.15, 0.2) is 97.1 Å². The summed E-state index contributed by atoms with van der Waals surface area (Å²) in [5.41, 5.74) is 9.25. The number of benzene rings is 4. The van der Waals surface area contributed by atoms with Crippen molar-refractivity contribution in [3.05, 3.63) is 142 Å². The molecule has 0 atom stereocenters. The zero-order valence-electron chi connectivity index (χ0n) is 22.6. The monoisotopic (exact) mass is 492 g/mol. The molecular formula is C38H36. The first-order chi connectivity index (χ1) is 18.7. The van der Waals surface area contributed by atoms with Crippen molar-refractivity contribution in [3.63, 3.8) is 0 Å². The van der Waals surface area contributed by atoms with E-state index in [-0.39, 0.29) is 0 Å². The molecule has 4 aromatic carbocycles. The quantitative estimate of drug-likeness (QED) is 0.170. The molecule has 0 unspecified atom stereocenters. The largest absolute Gasteiger partial charge is 0.0654 e. The molecular weight excluding hydrogens is 456 g/mol. The first kappa shape index (κ1) is 26.8. The molecule has 0 amide bonds. The van der Waals surface area contributed by atoms with E-state index < -0.39 is 0 Å². The van der Waals surface area contributed by atoms with Gasteiger partial charge in [0.05, 0.1) is 0 Å². The van der Waals surface area contributed by atoms with E-state index in [0.717, 1.165) is 46.2 Å². The fraction of sp³-hybridized carbons (Fsp3) is 0.211. The van der Waals surface area contributed by atoms with E-state index in [1.54, 1.807) is 0 Å². The van der Waals surface area contributed by atoms with Gasteiger partial charge in [0.15, 0.2) is 0 Å². The molecule has 0 saturated heterocycles. The number of hydrogen-bond donors (Lipinski definition) is 0. The molecule has 0 saturated carbocycles. The van der Waals surface area contributed by atoms with E-state index >= 15 is 0 Å². The van der Waals surface area contributed by atoms with Gasteiger partial charge < -0.3 is 0 Å². The minimum absolute atomic E-state index is 1.02. The maximum absolute atomic E-state index is 3.28. The molecule has 0 aliphatic heterocycles. The zero-order chi connectivity index (χ0) is 26.4. The molecule has 0 aliphatic rings. The third-order valence-corrected chi connectivity index (χ3v) is 6.54. The molecule has 38 heavy (non-hydrogen) atoms. The second-order valence-corrected chi connectivity index (χ2v) is 9.68. The molecule has 0 heterocycles. The normalized spacial score (nSPS) is 10.5. The predicted molar refractivity (Wildman–Crippen MR) is 164 cm³/mol.